The Hall–Kier alpha value is 2.48. The molecule has 0 radical (unpaired) electrons. The molecule has 0 bridgehead atoms. The minimum atomic E-state index is 0. The average Bonchev–Trinajstić information content (AvgIpc) is 0. The maximum atomic E-state index is 0. The molecule has 0 aliphatic heterocycles. The van der Waals surface area contributed by atoms with Crippen LogP contribution in [0.15, 0.2) is 0 Å². The Morgan fingerprint density at radius 2 is 0.600 bits per heavy atom. The van der Waals surface area contributed by atoms with Crippen molar-refractivity contribution in [1.29, 1.82) is 0 Å². The van der Waals surface area contributed by atoms with Crippen molar-refractivity contribution in [3.63, 3.8) is 0 Å². The zero-order valence-corrected chi connectivity index (χ0v) is 6.89. The number of rotatable bonds is 0. The quantitative estimate of drug-likeness (QED) is 0.549. The smallest absolute Gasteiger partial charge is 1.00 e. The van der Waals surface area contributed by atoms with Gasteiger partial charge in [0.15, 0.2) is 0 Å². The summed E-state index contributed by atoms with van der Waals surface area (Å²) in [7, 11) is 0. The van der Waals surface area contributed by atoms with E-state index in [9.17, 15) is 0 Å². The van der Waals surface area contributed by atoms with E-state index in [1.807, 2.05) is 0 Å². The SMILES string of the molecule is [Ag+].[Ag+].[Fe].[Fe].[O-2]. The molecule has 0 saturated carbocycles. The topological polar surface area (TPSA) is 28.5 Å². The summed E-state index contributed by atoms with van der Waals surface area (Å²) >= 11 is 0. The maximum Gasteiger partial charge on any atom is 1.00 e. The molecule has 5 heteroatoms. The molecule has 0 atom stereocenters. The third kappa shape index (κ3) is 21.1. The van der Waals surface area contributed by atoms with E-state index in [-0.39, 0.29) is 84.4 Å². The summed E-state index contributed by atoms with van der Waals surface area (Å²) < 4.78 is 0. The monoisotopic (exact) mass is 342 g/mol. The minimum absolute atomic E-state index is 0. The predicted octanol–water partition coefficient (Wildman–Crippen LogP) is -0.129. The summed E-state index contributed by atoms with van der Waals surface area (Å²) in [6.45, 7) is 0. The standard InChI is InChI=1S/2Ag.2Fe.O/q2*+1;;;-2. The Kier molecular flexibility index (Phi) is 323. The third-order valence-electron chi connectivity index (χ3n) is 0. The molecule has 0 N–H and O–H groups in total. The molecule has 0 rings (SSSR count). The van der Waals surface area contributed by atoms with Crippen molar-refractivity contribution in [3.05, 3.63) is 0 Å². The van der Waals surface area contributed by atoms with E-state index in [0.717, 1.165) is 0 Å². The van der Waals surface area contributed by atoms with E-state index in [4.69, 9.17) is 0 Å². The Balaban J connectivity index is 0. The predicted molar refractivity (Wildman–Crippen MR) is 0.686 cm³/mol. The van der Waals surface area contributed by atoms with Gasteiger partial charge in [0.05, 0.1) is 0 Å². The van der Waals surface area contributed by atoms with Crippen LogP contribution < -0.4 is 0 Å². The molecule has 0 unspecified atom stereocenters. The van der Waals surface area contributed by atoms with E-state index in [1.165, 1.54) is 0 Å². The zero-order chi connectivity index (χ0) is 0. The van der Waals surface area contributed by atoms with Gasteiger partial charge in [0.2, 0.25) is 0 Å². The molecule has 0 aromatic rings. The largest absolute Gasteiger partial charge is 2.00 e. The van der Waals surface area contributed by atoms with Crippen LogP contribution >= 0.6 is 0 Å². The van der Waals surface area contributed by atoms with Crippen molar-refractivity contribution < 1.29 is 84.4 Å². The molecule has 0 heterocycles. The van der Waals surface area contributed by atoms with Gasteiger partial charge in [-0.15, -0.1) is 0 Å². The van der Waals surface area contributed by atoms with E-state index in [0.29, 0.717) is 0 Å². The van der Waals surface area contributed by atoms with Crippen LogP contribution in [0.4, 0.5) is 0 Å². The van der Waals surface area contributed by atoms with Crippen molar-refractivity contribution in [2.45, 2.75) is 0 Å². The van der Waals surface area contributed by atoms with E-state index in [1.54, 1.807) is 0 Å². The van der Waals surface area contributed by atoms with Gasteiger partial charge in [-0.2, -0.15) is 0 Å². The average molecular weight is 343 g/mol. The fourth-order valence-electron chi connectivity index (χ4n) is 0. The first-order valence-corrected chi connectivity index (χ1v) is 0. The van der Waals surface area contributed by atoms with Gasteiger partial charge in [-0.25, -0.2) is 0 Å². The molecular weight excluding hydrogens is 343 g/mol. The Morgan fingerprint density at radius 3 is 0.600 bits per heavy atom. The third-order valence-corrected chi connectivity index (χ3v) is 0. The fourth-order valence-corrected chi connectivity index (χ4v) is 0. The molecule has 0 saturated heterocycles. The van der Waals surface area contributed by atoms with Crippen LogP contribution in [0.3, 0.4) is 0 Å². The van der Waals surface area contributed by atoms with Crippen LogP contribution in [0, 0.1) is 0 Å². The summed E-state index contributed by atoms with van der Waals surface area (Å²) in [6.07, 6.45) is 0. The minimum Gasteiger partial charge on any atom is -2.00 e. The molecule has 0 aromatic carbocycles. The summed E-state index contributed by atoms with van der Waals surface area (Å²) in [5.41, 5.74) is 0. The first-order valence-electron chi connectivity index (χ1n) is 0. The summed E-state index contributed by atoms with van der Waals surface area (Å²) in [5, 5.41) is 0. The molecule has 0 spiro atoms. The van der Waals surface area contributed by atoms with E-state index < -0.39 is 0 Å². The summed E-state index contributed by atoms with van der Waals surface area (Å²) in [6, 6.07) is 0. The number of hydrogen-bond donors (Lipinski definition) is 0. The van der Waals surface area contributed by atoms with E-state index >= 15 is 0 Å². The van der Waals surface area contributed by atoms with Gasteiger partial charge in [-0.1, -0.05) is 0 Å². The maximum absolute atomic E-state index is 0. The molecule has 44 valence electrons. The normalized spacial score (nSPS) is 0. The Bertz CT molecular complexity index is 7.61. The van der Waals surface area contributed by atoms with Gasteiger partial charge >= 0.3 is 44.8 Å². The molecular formula is Ag2Fe2O. The molecule has 5 heavy (non-hydrogen) atoms. The summed E-state index contributed by atoms with van der Waals surface area (Å²) in [5.74, 6) is 0. The second kappa shape index (κ2) is 31.6. The van der Waals surface area contributed by atoms with Crippen LogP contribution in [-0.4, -0.2) is 0 Å². The van der Waals surface area contributed by atoms with E-state index in [2.05, 4.69) is 0 Å². The Labute approximate surface area is 83.3 Å². The first kappa shape index (κ1) is 51.1. The molecule has 0 aliphatic carbocycles. The van der Waals surface area contributed by atoms with Gasteiger partial charge < -0.3 is 5.48 Å². The summed E-state index contributed by atoms with van der Waals surface area (Å²) in [4.78, 5) is 0. The van der Waals surface area contributed by atoms with Gasteiger partial charge in [-0.05, 0) is 0 Å². The molecule has 0 amide bonds. The Morgan fingerprint density at radius 1 is 0.600 bits per heavy atom. The second-order valence-electron chi connectivity index (χ2n) is 0. The molecule has 0 fully saturated rings. The second-order valence-corrected chi connectivity index (χ2v) is 0. The van der Waals surface area contributed by atoms with Crippen LogP contribution in [-0.2, 0) is 84.4 Å². The zero-order valence-electron chi connectivity index (χ0n) is 1.72. The van der Waals surface area contributed by atoms with Gasteiger partial charge in [0, 0.05) is 34.1 Å². The van der Waals surface area contributed by atoms with Gasteiger partial charge in [0.25, 0.3) is 0 Å². The molecule has 1 nitrogen and oxygen atoms in total. The van der Waals surface area contributed by atoms with Crippen molar-refractivity contribution in [1.82, 2.24) is 0 Å². The molecule has 0 aromatic heterocycles. The van der Waals surface area contributed by atoms with Crippen molar-refractivity contribution >= 4 is 0 Å². The fraction of sp³-hybridized carbons (Fsp3) is 0. The van der Waals surface area contributed by atoms with Gasteiger partial charge in [0.1, 0.15) is 0 Å². The van der Waals surface area contributed by atoms with Crippen molar-refractivity contribution in [2.24, 2.45) is 0 Å². The van der Waals surface area contributed by atoms with Crippen LogP contribution in [0.2, 0.25) is 0 Å². The van der Waals surface area contributed by atoms with Gasteiger partial charge in [-0.3, -0.25) is 0 Å². The van der Waals surface area contributed by atoms with Crippen molar-refractivity contribution in [3.8, 4) is 0 Å². The first-order chi connectivity index (χ1) is 0. The van der Waals surface area contributed by atoms with Crippen LogP contribution in [0.5, 0.6) is 0 Å². The van der Waals surface area contributed by atoms with Crippen LogP contribution in [0.1, 0.15) is 0 Å². The van der Waals surface area contributed by atoms with Crippen LogP contribution in [0.25, 0.3) is 0 Å². The molecule has 0 aliphatic rings. The number of hydrogen-bond acceptors (Lipinski definition) is 0. The van der Waals surface area contributed by atoms with Crippen molar-refractivity contribution in [2.75, 3.05) is 0 Å².